The Bertz CT molecular complexity index is 790. The van der Waals surface area contributed by atoms with Gasteiger partial charge in [0.15, 0.2) is 0 Å². The van der Waals surface area contributed by atoms with Crippen LogP contribution in [0, 0.1) is 72.7 Å². The van der Waals surface area contributed by atoms with Gasteiger partial charge in [-0.25, -0.2) is 4.79 Å². The monoisotopic (exact) mass is 534 g/mol. The average Bonchev–Trinajstić information content (AvgIpc) is 2.93. The van der Waals surface area contributed by atoms with Crippen molar-refractivity contribution >= 4 is 0 Å². The van der Waals surface area contributed by atoms with Crippen molar-refractivity contribution in [2.45, 2.75) is 83.2 Å². The fourth-order valence-electron chi connectivity index (χ4n) is 8.16. The second kappa shape index (κ2) is 7.39. The summed E-state index contributed by atoms with van der Waals surface area (Å²) in [5, 5.41) is 12.2. The van der Waals surface area contributed by atoms with Crippen LogP contribution in [-0.2, 0) is 0 Å². The van der Waals surface area contributed by atoms with Crippen molar-refractivity contribution in [1.29, 1.82) is 0 Å². The van der Waals surface area contributed by atoms with Crippen LogP contribution in [0.4, 0.5) is 0 Å². The Morgan fingerprint density at radius 3 is 2.71 bits per heavy atom. The van der Waals surface area contributed by atoms with Gasteiger partial charge < -0.3 is 15.9 Å². The maximum absolute atomic E-state index is 12.2. The Kier molecular flexibility index (Phi) is 5.65. The quantitative estimate of drug-likeness (QED) is 0.404. The van der Waals surface area contributed by atoms with Crippen LogP contribution in [0.5, 0.6) is 0 Å². The first-order chi connectivity index (χ1) is 12.9. The summed E-state index contributed by atoms with van der Waals surface area (Å²) in [7, 11) is 0. The molecule has 1 heterocycles. The van der Waals surface area contributed by atoms with E-state index in [-0.39, 0.29) is 54.7 Å². The van der Waals surface area contributed by atoms with E-state index in [1.54, 1.807) is 6.07 Å². The summed E-state index contributed by atoms with van der Waals surface area (Å²) in [4.78, 5) is 11.8. The van der Waals surface area contributed by atoms with E-state index >= 15 is 0 Å². The van der Waals surface area contributed by atoms with Gasteiger partial charge in [0.25, 0.3) is 0 Å². The van der Waals surface area contributed by atoms with Gasteiger partial charge in [-0.1, -0.05) is 32.6 Å². The SMILES string of the molecule is C[C@]12CC[CH-]C[C@H]1CC[C@@H]1C2CC[C@]2(C)[C@@H](c3ccoc(=O)c3)CC[C@]12O.[Ho]. The van der Waals surface area contributed by atoms with E-state index in [1.165, 1.54) is 44.8 Å². The van der Waals surface area contributed by atoms with Crippen molar-refractivity contribution in [3.05, 3.63) is 40.8 Å². The van der Waals surface area contributed by atoms with Crippen molar-refractivity contribution in [2.75, 3.05) is 0 Å². The molecule has 0 aromatic carbocycles. The normalized spacial score (nSPS) is 47.4. The Hall–Kier alpha value is 0.170. The summed E-state index contributed by atoms with van der Waals surface area (Å²) in [6, 6.07) is 3.60. The maximum atomic E-state index is 12.2. The molecule has 1 radical (unpaired) electrons. The van der Waals surface area contributed by atoms with E-state index in [0.717, 1.165) is 30.7 Å². The van der Waals surface area contributed by atoms with E-state index < -0.39 is 5.60 Å². The zero-order valence-electron chi connectivity index (χ0n) is 17.0. The van der Waals surface area contributed by atoms with Gasteiger partial charge in [-0.15, -0.1) is 0 Å². The van der Waals surface area contributed by atoms with Crippen LogP contribution >= 0.6 is 0 Å². The maximum Gasteiger partial charge on any atom is 0.335 e. The molecule has 5 rings (SSSR count). The zero-order valence-corrected chi connectivity index (χ0v) is 19.0. The van der Waals surface area contributed by atoms with Crippen molar-refractivity contribution in [3.8, 4) is 0 Å². The minimum atomic E-state index is -0.592. The first-order valence-electron chi connectivity index (χ1n) is 11.0. The summed E-state index contributed by atoms with van der Waals surface area (Å²) in [5.74, 6) is 2.15. The summed E-state index contributed by atoms with van der Waals surface area (Å²) in [6.45, 7) is 4.83. The second-order valence-electron chi connectivity index (χ2n) is 10.4. The molecule has 0 amide bonds. The first-order valence-corrected chi connectivity index (χ1v) is 11.0. The molecule has 4 aliphatic carbocycles. The molecule has 1 aromatic rings. The molecule has 1 unspecified atom stereocenters. The molecule has 0 saturated heterocycles. The molecule has 4 saturated carbocycles. The molecular formula is C24H33HoO3-. The van der Waals surface area contributed by atoms with E-state index in [9.17, 15) is 9.90 Å². The van der Waals surface area contributed by atoms with Crippen molar-refractivity contribution in [3.63, 3.8) is 0 Å². The summed E-state index contributed by atoms with van der Waals surface area (Å²) in [5.41, 5.74) is 0.472. The van der Waals surface area contributed by atoms with E-state index in [4.69, 9.17) is 4.42 Å². The van der Waals surface area contributed by atoms with Gasteiger partial charge in [0.1, 0.15) is 0 Å². The van der Waals surface area contributed by atoms with Crippen LogP contribution in [-0.4, -0.2) is 10.7 Å². The number of fused-ring (bicyclic) bond motifs is 5. The molecular weight excluding hydrogens is 501 g/mol. The average molecular weight is 534 g/mol. The summed E-state index contributed by atoms with van der Waals surface area (Å²) < 4.78 is 4.96. The zero-order chi connectivity index (χ0) is 18.9. The minimum absolute atomic E-state index is 0. The van der Waals surface area contributed by atoms with Crippen LogP contribution in [0.25, 0.3) is 0 Å². The predicted octanol–water partition coefficient (Wildman–Crippen LogP) is 5.09. The third kappa shape index (κ3) is 2.86. The Labute approximate surface area is 198 Å². The van der Waals surface area contributed by atoms with Crippen LogP contribution in [0.1, 0.15) is 83.1 Å². The Morgan fingerprint density at radius 1 is 1.11 bits per heavy atom. The standard InChI is InChI=1S/C24H33O3.Ho/c1-22-11-4-3-5-17(22)6-7-20-19(22)8-12-23(2)18(9-13-24(20,23)26)16-10-14-27-21(25)15-16;/h3,10,14-15,17-20,26H,4-9,11-13H2,1-2H3;/q-1;/t17-,18+,19?,20+,22-,23+,24-;/m0./s1. The third-order valence-corrected chi connectivity index (χ3v) is 9.72. The van der Waals surface area contributed by atoms with Crippen LogP contribution in [0.3, 0.4) is 0 Å². The number of aliphatic hydroxyl groups is 1. The molecule has 1 aromatic heterocycles. The molecule has 4 fully saturated rings. The molecule has 4 heteroatoms. The molecule has 7 atom stereocenters. The van der Waals surface area contributed by atoms with Gasteiger partial charge in [0.2, 0.25) is 0 Å². The molecule has 1 N–H and O–H groups in total. The van der Waals surface area contributed by atoms with Crippen molar-refractivity contribution < 1.29 is 47.3 Å². The first kappa shape index (κ1) is 21.4. The third-order valence-electron chi connectivity index (χ3n) is 9.72. The molecule has 0 spiro atoms. The Balaban J connectivity index is 0.00000192. The number of rotatable bonds is 1. The topological polar surface area (TPSA) is 50.4 Å². The Morgan fingerprint density at radius 2 is 1.93 bits per heavy atom. The molecule has 0 bridgehead atoms. The van der Waals surface area contributed by atoms with Gasteiger partial charge in [0.05, 0.1) is 11.9 Å². The van der Waals surface area contributed by atoms with Gasteiger partial charge in [0, 0.05) is 49.2 Å². The minimum Gasteiger partial charge on any atom is -0.431 e. The van der Waals surface area contributed by atoms with Crippen LogP contribution < -0.4 is 5.63 Å². The van der Waals surface area contributed by atoms with Crippen molar-refractivity contribution in [1.82, 2.24) is 0 Å². The van der Waals surface area contributed by atoms with E-state index in [0.29, 0.717) is 17.3 Å². The predicted molar refractivity (Wildman–Crippen MR) is 105 cm³/mol. The molecule has 4 aliphatic rings. The fraction of sp³-hybridized carbons (Fsp3) is 0.750. The molecule has 28 heavy (non-hydrogen) atoms. The smallest absolute Gasteiger partial charge is 0.335 e. The molecule has 3 nitrogen and oxygen atoms in total. The van der Waals surface area contributed by atoms with E-state index in [1.807, 2.05) is 6.07 Å². The van der Waals surface area contributed by atoms with Crippen LogP contribution in [0.15, 0.2) is 27.6 Å². The molecule has 159 valence electrons. The van der Waals surface area contributed by atoms with Gasteiger partial charge in [-0.2, -0.15) is 12.8 Å². The van der Waals surface area contributed by atoms with Gasteiger partial charge in [-0.05, 0) is 66.9 Å². The van der Waals surface area contributed by atoms with E-state index in [2.05, 4.69) is 20.3 Å². The van der Waals surface area contributed by atoms with Crippen molar-refractivity contribution in [2.24, 2.45) is 28.6 Å². The fourth-order valence-corrected chi connectivity index (χ4v) is 8.16. The van der Waals surface area contributed by atoms with Gasteiger partial charge >= 0.3 is 5.63 Å². The number of hydrogen-bond acceptors (Lipinski definition) is 3. The number of hydrogen-bond donors (Lipinski definition) is 1. The van der Waals surface area contributed by atoms with Crippen LogP contribution in [0.2, 0.25) is 0 Å². The van der Waals surface area contributed by atoms with Gasteiger partial charge in [-0.3, -0.25) is 0 Å². The molecule has 0 aliphatic heterocycles. The summed E-state index contributed by atoms with van der Waals surface area (Å²) in [6.07, 6.45) is 14.4. The summed E-state index contributed by atoms with van der Waals surface area (Å²) >= 11 is 0. The largest absolute Gasteiger partial charge is 0.431 e. The second-order valence-corrected chi connectivity index (χ2v) is 10.4.